The molecule has 198 valence electrons. The van der Waals surface area contributed by atoms with Gasteiger partial charge in [0.2, 0.25) is 0 Å². The van der Waals surface area contributed by atoms with E-state index in [0.717, 1.165) is 8.78 Å². The third-order valence-corrected chi connectivity index (χ3v) is 8.56. The van der Waals surface area contributed by atoms with E-state index in [9.17, 15) is 18.0 Å². The monoisotopic (exact) mass is 605 g/mol. The van der Waals surface area contributed by atoms with Gasteiger partial charge in [0.05, 0.1) is 17.7 Å². The summed E-state index contributed by atoms with van der Waals surface area (Å²) in [6.45, 7) is -0.552. The highest BCUT2D eigenvalue weighted by Gasteiger charge is 2.54. The maximum atomic E-state index is 13.8. The molecule has 1 fully saturated rings. The maximum absolute atomic E-state index is 13.8. The highest BCUT2D eigenvalue weighted by Crippen LogP contribution is 2.44. The number of carbonyl (C=O) groups is 2. The second-order valence-electron chi connectivity index (χ2n) is 8.68. The van der Waals surface area contributed by atoms with Crippen LogP contribution in [0.15, 0.2) is 119 Å². The minimum atomic E-state index is -4.17. The van der Waals surface area contributed by atoms with Crippen LogP contribution in [0, 0.1) is 0 Å². The Labute approximate surface area is 235 Å². The van der Waals surface area contributed by atoms with E-state index in [4.69, 9.17) is 4.74 Å². The molecule has 0 aromatic heterocycles. The van der Waals surface area contributed by atoms with Gasteiger partial charge in [-0.2, -0.15) is 0 Å². The number of nitrogens with zero attached hydrogens (tertiary/aromatic N) is 3. The van der Waals surface area contributed by atoms with Crippen LogP contribution in [0.5, 0.6) is 5.75 Å². The van der Waals surface area contributed by atoms with Crippen molar-refractivity contribution in [2.24, 2.45) is 0 Å². The van der Waals surface area contributed by atoms with Crippen molar-refractivity contribution in [3.05, 3.63) is 125 Å². The van der Waals surface area contributed by atoms with E-state index in [1.54, 1.807) is 72.8 Å². The number of amides is 2. The van der Waals surface area contributed by atoms with Crippen molar-refractivity contribution in [3.63, 3.8) is 0 Å². The molecule has 1 saturated heterocycles. The number of para-hydroxylation sites is 2. The Hall–Kier alpha value is -4.15. The Morgan fingerprint density at radius 1 is 0.821 bits per heavy atom. The smallest absolute Gasteiger partial charge is 0.274 e. The summed E-state index contributed by atoms with van der Waals surface area (Å²) in [6.07, 6.45) is -0.683. The van der Waals surface area contributed by atoms with E-state index in [2.05, 4.69) is 15.9 Å². The van der Waals surface area contributed by atoms with Crippen LogP contribution >= 0.6 is 15.9 Å². The maximum Gasteiger partial charge on any atom is 0.274 e. The van der Waals surface area contributed by atoms with Gasteiger partial charge in [0.25, 0.3) is 21.8 Å². The topological polar surface area (TPSA) is 86.8 Å². The number of methoxy groups -OCH3 is 1. The van der Waals surface area contributed by atoms with E-state index in [1.807, 2.05) is 24.3 Å². The molecule has 0 N–H and O–H groups in total. The summed E-state index contributed by atoms with van der Waals surface area (Å²) in [5.41, 5.74) is 1.33. The Bertz CT molecular complexity index is 1600. The van der Waals surface area contributed by atoms with Gasteiger partial charge in [-0.25, -0.2) is 18.4 Å². The molecule has 0 aliphatic carbocycles. The predicted octanol–water partition coefficient (Wildman–Crippen LogP) is 5.25. The molecule has 4 aromatic carbocycles. The molecule has 1 heterocycles. The summed E-state index contributed by atoms with van der Waals surface area (Å²) in [5, 5.41) is 2.64. The summed E-state index contributed by atoms with van der Waals surface area (Å²) < 4.78 is 34.9. The van der Waals surface area contributed by atoms with Crippen LogP contribution in [-0.4, -0.2) is 43.9 Å². The van der Waals surface area contributed by atoms with Crippen LogP contribution in [0.2, 0.25) is 0 Å². The van der Waals surface area contributed by atoms with Crippen LogP contribution in [0.1, 0.15) is 22.1 Å². The average molecular weight is 606 g/mol. The van der Waals surface area contributed by atoms with E-state index in [1.165, 1.54) is 29.3 Å². The Morgan fingerprint density at radius 3 is 2.05 bits per heavy atom. The predicted molar refractivity (Wildman–Crippen MR) is 150 cm³/mol. The average Bonchev–Trinajstić information content (AvgIpc) is 3.72. The molecule has 0 spiro atoms. The van der Waals surface area contributed by atoms with Gasteiger partial charge in [-0.3, -0.25) is 13.9 Å². The summed E-state index contributed by atoms with van der Waals surface area (Å²) in [4.78, 5) is 27.3. The zero-order valence-corrected chi connectivity index (χ0v) is 23.2. The third-order valence-electron chi connectivity index (χ3n) is 6.26. The molecule has 1 aliphatic rings. The number of hydrogen-bond acceptors (Lipinski definition) is 5. The number of hydrogen-bond donors (Lipinski definition) is 0. The number of ether oxygens (including phenoxy) is 1. The molecule has 0 radical (unpaired) electrons. The number of halogens is 1. The molecule has 10 heteroatoms. The first-order valence-electron chi connectivity index (χ1n) is 12.0. The minimum absolute atomic E-state index is 0.0242. The quantitative estimate of drug-likeness (QED) is 0.256. The van der Waals surface area contributed by atoms with Crippen molar-refractivity contribution in [2.75, 3.05) is 18.0 Å². The van der Waals surface area contributed by atoms with E-state index in [-0.39, 0.29) is 22.2 Å². The molecular formula is C29H24BrN3O5S. The zero-order chi connectivity index (χ0) is 27.6. The Balaban J connectivity index is 1.53. The molecular weight excluding hydrogens is 582 g/mol. The summed E-state index contributed by atoms with van der Waals surface area (Å²) >= 11 is 3.41. The fraction of sp³-hybridized carbons (Fsp3) is 0.103. The van der Waals surface area contributed by atoms with Gasteiger partial charge in [-0.15, -0.1) is 0 Å². The largest absolute Gasteiger partial charge is 0.495 e. The lowest BCUT2D eigenvalue weighted by atomic mass is 10.2. The fourth-order valence-electron chi connectivity index (χ4n) is 4.32. The first-order valence-corrected chi connectivity index (χ1v) is 14.2. The number of benzene rings is 4. The van der Waals surface area contributed by atoms with Gasteiger partial charge in [-0.1, -0.05) is 76.6 Å². The normalized spacial score (nSPS) is 14.6. The number of anilines is 1. The number of carbonyl (C=O) groups excluding carboxylic acids is 2. The van der Waals surface area contributed by atoms with Crippen molar-refractivity contribution in [1.29, 1.82) is 0 Å². The summed E-state index contributed by atoms with van der Waals surface area (Å²) in [6, 6.07) is 30.4. The fourth-order valence-corrected chi connectivity index (χ4v) is 6.03. The minimum Gasteiger partial charge on any atom is -0.495 e. The van der Waals surface area contributed by atoms with Crippen molar-refractivity contribution < 1.29 is 22.7 Å². The van der Waals surface area contributed by atoms with E-state index >= 15 is 0 Å². The summed E-state index contributed by atoms with van der Waals surface area (Å²) in [7, 11) is -2.74. The molecule has 39 heavy (non-hydrogen) atoms. The lowest BCUT2D eigenvalue weighted by Crippen LogP contribution is -2.39. The molecule has 4 aromatic rings. The molecule has 5 rings (SSSR count). The van der Waals surface area contributed by atoms with Gasteiger partial charge in [0, 0.05) is 10.0 Å². The standard InChI is InChI=1S/C29H24BrN3O5S/c1-38-26-15-9-8-14-25(26)31(39(36,37)24-12-6-3-7-13-24)20-27(34)32-28(21-16-18-23(30)19-17-21)33(32)29(35)22-10-4-2-5-11-22/h2-19,28H,20H2,1H3/t28-,32?,33?/m1/s1. The summed E-state index contributed by atoms with van der Waals surface area (Å²) in [5.74, 6) is -0.651. The number of rotatable bonds is 8. The van der Waals surface area contributed by atoms with Gasteiger partial charge >= 0.3 is 0 Å². The number of hydrazine groups is 1. The van der Waals surface area contributed by atoms with Crippen LogP contribution in [0.4, 0.5) is 5.69 Å². The van der Waals surface area contributed by atoms with Crippen molar-refractivity contribution in [1.82, 2.24) is 10.0 Å². The number of sulfonamides is 1. The first kappa shape index (κ1) is 26.5. The highest BCUT2D eigenvalue weighted by atomic mass is 79.9. The molecule has 1 aliphatic heterocycles. The second-order valence-corrected chi connectivity index (χ2v) is 11.5. The Morgan fingerprint density at radius 2 is 1.41 bits per heavy atom. The second kappa shape index (κ2) is 10.9. The Kier molecular flexibility index (Phi) is 7.40. The van der Waals surface area contributed by atoms with Gasteiger partial charge in [-0.05, 0) is 54.1 Å². The molecule has 0 saturated carbocycles. The van der Waals surface area contributed by atoms with E-state index in [0.29, 0.717) is 11.1 Å². The zero-order valence-electron chi connectivity index (χ0n) is 20.8. The molecule has 8 nitrogen and oxygen atoms in total. The van der Waals surface area contributed by atoms with Crippen molar-refractivity contribution >= 4 is 43.5 Å². The van der Waals surface area contributed by atoms with Gasteiger partial charge in [0.15, 0.2) is 6.17 Å². The molecule has 0 bridgehead atoms. The van der Waals surface area contributed by atoms with Gasteiger partial charge < -0.3 is 4.74 Å². The van der Waals surface area contributed by atoms with Crippen molar-refractivity contribution in [3.8, 4) is 5.75 Å². The van der Waals surface area contributed by atoms with Crippen LogP contribution in [0.25, 0.3) is 0 Å². The SMILES string of the molecule is COc1ccccc1N(CC(=O)N1[C@@H](c2ccc(Br)cc2)N1C(=O)c1ccccc1)S(=O)(=O)c1ccccc1. The molecule has 2 amide bonds. The lowest BCUT2D eigenvalue weighted by Gasteiger charge is -2.25. The van der Waals surface area contributed by atoms with Gasteiger partial charge in [0.1, 0.15) is 12.3 Å². The van der Waals surface area contributed by atoms with Crippen LogP contribution < -0.4 is 9.04 Å². The first-order chi connectivity index (χ1) is 18.8. The van der Waals surface area contributed by atoms with Crippen LogP contribution in [0.3, 0.4) is 0 Å². The van der Waals surface area contributed by atoms with Crippen LogP contribution in [-0.2, 0) is 14.8 Å². The molecule has 0 unspecified atom stereocenters. The van der Waals surface area contributed by atoms with Crippen molar-refractivity contribution in [2.45, 2.75) is 11.1 Å². The third kappa shape index (κ3) is 5.25. The highest BCUT2D eigenvalue weighted by molar-refractivity contribution is 9.10. The molecule has 1 atom stereocenters. The van der Waals surface area contributed by atoms with E-state index < -0.39 is 28.6 Å². The lowest BCUT2D eigenvalue weighted by molar-refractivity contribution is -0.126.